The molecule has 3 N–H and O–H groups in total. The van der Waals surface area contributed by atoms with Gasteiger partial charge in [-0.25, -0.2) is 4.79 Å². The van der Waals surface area contributed by atoms with Gasteiger partial charge in [0.15, 0.2) is 5.41 Å². The van der Waals surface area contributed by atoms with Crippen LogP contribution in [-0.2, 0) is 34.1 Å². The highest BCUT2D eigenvalue weighted by molar-refractivity contribution is 6.22. The number of urea groups is 1. The first-order valence-electron chi connectivity index (χ1n) is 11.1. The number of benzene rings is 1. The van der Waals surface area contributed by atoms with E-state index in [0.29, 0.717) is 18.4 Å². The van der Waals surface area contributed by atoms with Gasteiger partial charge in [0.1, 0.15) is 6.61 Å². The van der Waals surface area contributed by atoms with Gasteiger partial charge in [-0.15, -0.1) is 0 Å². The zero-order valence-corrected chi connectivity index (χ0v) is 19.0. The molecule has 1 aromatic rings. The molecule has 1 aliphatic rings. The van der Waals surface area contributed by atoms with Crippen molar-refractivity contribution in [3.8, 4) is 0 Å². The molecule has 5 amide bonds. The predicted molar refractivity (Wildman–Crippen MR) is 118 cm³/mol. The molecule has 1 saturated heterocycles. The summed E-state index contributed by atoms with van der Waals surface area (Å²) < 4.78 is 4.81. The van der Waals surface area contributed by atoms with Gasteiger partial charge in [-0.1, -0.05) is 37.3 Å². The minimum absolute atomic E-state index is 0.0565. The largest absolute Gasteiger partial charge is 0.481 e. The van der Waals surface area contributed by atoms with Crippen LogP contribution in [0.1, 0.15) is 51.0 Å². The Labute approximate surface area is 196 Å². The second-order valence-electron chi connectivity index (χ2n) is 7.76. The highest BCUT2D eigenvalue weighted by atomic mass is 16.5. The van der Waals surface area contributed by atoms with Crippen molar-refractivity contribution >= 4 is 35.7 Å². The number of nitrogens with zero attached hydrogens (tertiary/aromatic N) is 1. The van der Waals surface area contributed by atoms with E-state index in [1.807, 2.05) is 0 Å². The van der Waals surface area contributed by atoms with Crippen molar-refractivity contribution in [1.82, 2.24) is 15.5 Å². The number of amides is 5. The summed E-state index contributed by atoms with van der Waals surface area (Å²) in [5.41, 5.74) is -0.963. The van der Waals surface area contributed by atoms with E-state index in [9.17, 15) is 28.8 Å². The molecule has 0 aliphatic carbocycles. The van der Waals surface area contributed by atoms with Crippen molar-refractivity contribution in [3.05, 3.63) is 35.9 Å². The smallest absolute Gasteiger partial charge is 0.330 e. The summed E-state index contributed by atoms with van der Waals surface area (Å²) in [6.45, 7) is 1.79. The average molecular weight is 475 g/mol. The highest BCUT2D eigenvalue weighted by Crippen LogP contribution is 2.33. The number of carbonyl (C=O) groups is 6. The van der Waals surface area contributed by atoms with Gasteiger partial charge in [0.25, 0.3) is 5.91 Å². The molecule has 184 valence electrons. The maximum atomic E-state index is 13.2. The lowest BCUT2D eigenvalue weighted by molar-refractivity contribution is -0.147. The summed E-state index contributed by atoms with van der Waals surface area (Å²) >= 11 is 0. The first-order chi connectivity index (χ1) is 16.2. The number of carbonyl (C=O) groups excluding carboxylic acids is 5. The van der Waals surface area contributed by atoms with Crippen LogP contribution in [0.4, 0.5) is 4.79 Å². The molecular formula is C23H29N3O8. The lowest BCUT2D eigenvalue weighted by Crippen LogP contribution is -2.65. The predicted octanol–water partition coefficient (Wildman–Crippen LogP) is 1.11. The Bertz CT molecular complexity index is 933. The van der Waals surface area contributed by atoms with E-state index in [1.165, 1.54) is 0 Å². The normalized spacial score (nSPS) is 17.8. The minimum atomic E-state index is -1.48. The summed E-state index contributed by atoms with van der Waals surface area (Å²) in [7, 11) is 0. The van der Waals surface area contributed by atoms with Crippen molar-refractivity contribution < 1.29 is 38.6 Å². The van der Waals surface area contributed by atoms with Crippen LogP contribution in [0.5, 0.6) is 0 Å². The van der Waals surface area contributed by atoms with Crippen molar-refractivity contribution in [2.45, 2.75) is 50.9 Å². The second kappa shape index (κ2) is 12.5. The monoisotopic (exact) mass is 475 g/mol. The Balaban J connectivity index is 1.78. The number of aliphatic carboxylic acids is 1. The number of barbiturate groups is 1. The van der Waals surface area contributed by atoms with Crippen LogP contribution in [0.25, 0.3) is 0 Å². The molecule has 2 rings (SSSR count). The van der Waals surface area contributed by atoms with E-state index in [4.69, 9.17) is 9.84 Å². The maximum absolute atomic E-state index is 13.2. The summed E-state index contributed by atoms with van der Waals surface area (Å²) in [5.74, 6) is -3.27. The summed E-state index contributed by atoms with van der Waals surface area (Å²) in [6, 6.07) is 7.82. The molecule has 11 nitrogen and oxygen atoms in total. The van der Waals surface area contributed by atoms with Gasteiger partial charge < -0.3 is 15.2 Å². The molecule has 11 heteroatoms. The molecule has 0 saturated carbocycles. The van der Waals surface area contributed by atoms with Gasteiger partial charge in [-0.3, -0.25) is 34.2 Å². The van der Waals surface area contributed by atoms with Crippen LogP contribution in [0.3, 0.4) is 0 Å². The summed E-state index contributed by atoms with van der Waals surface area (Å²) in [4.78, 5) is 72.9. The Hall–Kier alpha value is -3.76. The van der Waals surface area contributed by atoms with Crippen LogP contribution in [0.15, 0.2) is 30.3 Å². The lowest BCUT2D eigenvalue weighted by Gasteiger charge is -2.39. The van der Waals surface area contributed by atoms with Gasteiger partial charge >= 0.3 is 18.0 Å². The molecule has 34 heavy (non-hydrogen) atoms. The number of hydrogen-bond donors (Lipinski definition) is 3. The average Bonchev–Trinajstić information content (AvgIpc) is 2.81. The number of carboxylic acids is 1. The SMILES string of the molecule is CCC1(c2ccccc2)C(=O)NC(=O)N(CCCCC(=O)NCCOC(=O)CCC(=O)O)C1=O. The van der Waals surface area contributed by atoms with E-state index < -0.39 is 35.2 Å². The standard InChI is InChI=1S/C23H29N3O8/c1-2-23(16-8-4-3-5-9-16)20(31)25-22(33)26(21(23)32)14-7-6-10-17(27)24-13-15-34-19(30)12-11-18(28)29/h3-5,8-9H,2,6-7,10-15H2,1H3,(H,24,27)(H,28,29)(H,25,31,33). The third-order valence-electron chi connectivity index (χ3n) is 5.53. The number of carboxylic acid groups (broad SMARTS) is 1. The molecule has 0 radical (unpaired) electrons. The zero-order chi connectivity index (χ0) is 25.1. The summed E-state index contributed by atoms with van der Waals surface area (Å²) in [5, 5.41) is 13.4. The van der Waals surface area contributed by atoms with E-state index in [-0.39, 0.29) is 51.3 Å². The van der Waals surface area contributed by atoms with Crippen molar-refractivity contribution in [1.29, 1.82) is 0 Å². The molecule has 0 aromatic heterocycles. The molecule has 1 fully saturated rings. The fourth-order valence-corrected chi connectivity index (χ4v) is 3.67. The Kier molecular flexibility index (Phi) is 9.72. The number of ether oxygens (including phenoxy) is 1. The van der Waals surface area contributed by atoms with E-state index in [0.717, 1.165) is 4.90 Å². The van der Waals surface area contributed by atoms with Crippen LogP contribution in [-0.4, -0.2) is 65.4 Å². The number of unbranched alkanes of at least 4 members (excludes halogenated alkanes) is 1. The van der Waals surface area contributed by atoms with Gasteiger partial charge in [0.2, 0.25) is 11.8 Å². The zero-order valence-electron chi connectivity index (χ0n) is 19.0. The van der Waals surface area contributed by atoms with Crippen molar-refractivity contribution in [2.24, 2.45) is 0 Å². The van der Waals surface area contributed by atoms with Crippen LogP contribution in [0, 0.1) is 0 Å². The molecule has 1 unspecified atom stereocenters. The lowest BCUT2D eigenvalue weighted by atomic mass is 9.74. The molecule has 0 spiro atoms. The quantitative estimate of drug-likeness (QED) is 0.217. The summed E-state index contributed by atoms with van der Waals surface area (Å²) in [6.07, 6.45) is 0.518. The molecule has 0 bridgehead atoms. The fourth-order valence-electron chi connectivity index (χ4n) is 3.67. The molecule has 1 atom stereocenters. The van der Waals surface area contributed by atoms with E-state index >= 15 is 0 Å². The van der Waals surface area contributed by atoms with Crippen LogP contribution in [0.2, 0.25) is 0 Å². The molecular weight excluding hydrogens is 446 g/mol. The Morgan fingerprint density at radius 2 is 1.76 bits per heavy atom. The number of rotatable bonds is 13. The van der Waals surface area contributed by atoms with E-state index in [2.05, 4.69) is 10.6 Å². The number of imide groups is 2. The topological polar surface area (TPSA) is 159 Å². The molecule has 1 aliphatic heterocycles. The van der Waals surface area contributed by atoms with Crippen LogP contribution < -0.4 is 10.6 Å². The Morgan fingerprint density at radius 3 is 2.41 bits per heavy atom. The molecule has 1 heterocycles. The van der Waals surface area contributed by atoms with Crippen molar-refractivity contribution in [2.75, 3.05) is 19.7 Å². The maximum Gasteiger partial charge on any atom is 0.330 e. The Morgan fingerprint density at radius 1 is 1.06 bits per heavy atom. The van der Waals surface area contributed by atoms with Gasteiger partial charge in [0.05, 0.1) is 19.4 Å². The van der Waals surface area contributed by atoms with Gasteiger partial charge in [-0.05, 0) is 24.8 Å². The number of esters is 1. The highest BCUT2D eigenvalue weighted by Gasteiger charge is 2.53. The number of nitrogens with one attached hydrogen (secondary N) is 2. The molecule has 1 aromatic carbocycles. The third kappa shape index (κ3) is 6.63. The van der Waals surface area contributed by atoms with E-state index in [1.54, 1.807) is 37.3 Å². The minimum Gasteiger partial charge on any atom is -0.481 e. The first kappa shape index (κ1) is 26.5. The van der Waals surface area contributed by atoms with Crippen molar-refractivity contribution in [3.63, 3.8) is 0 Å². The van der Waals surface area contributed by atoms with Gasteiger partial charge in [-0.2, -0.15) is 0 Å². The first-order valence-corrected chi connectivity index (χ1v) is 11.1. The van der Waals surface area contributed by atoms with Crippen LogP contribution >= 0.6 is 0 Å². The third-order valence-corrected chi connectivity index (χ3v) is 5.53. The number of hydrogen-bond acceptors (Lipinski definition) is 7. The van der Waals surface area contributed by atoms with Gasteiger partial charge in [0, 0.05) is 13.0 Å². The fraction of sp³-hybridized carbons (Fsp3) is 0.478. The second-order valence-corrected chi connectivity index (χ2v) is 7.76.